The number of aromatic nitrogens is 3. The zero-order valence-electron chi connectivity index (χ0n) is 19.6. The van der Waals surface area contributed by atoms with E-state index in [4.69, 9.17) is 10.5 Å². The minimum absolute atomic E-state index is 0.00784. The molecule has 10 heteroatoms. The Labute approximate surface area is 205 Å². The number of carbonyl (C=O) groups excluding carboxylic acids is 1. The van der Waals surface area contributed by atoms with Gasteiger partial charge in [-0.15, -0.1) is 0 Å². The van der Waals surface area contributed by atoms with Crippen LogP contribution in [0.3, 0.4) is 0 Å². The first-order valence-electron chi connectivity index (χ1n) is 11.1. The van der Waals surface area contributed by atoms with Crippen LogP contribution in [-0.4, -0.2) is 43.4 Å². The predicted octanol–water partition coefficient (Wildman–Crippen LogP) is 2.88. The molecule has 0 fully saturated rings. The number of ether oxygens (including phenoxy) is 1. The van der Waals surface area contributed by atoms with E-state index in [1.807, 2.05) is 6.08 Å². The summed E-state index contributed by atoms with van der Waals surface area (Å²) in [5.41, 5.74) is 6.07. The molecule has 3 aromatic rings. The first-order chi connectivity index (χ1) is 17.0. The van der Waals surface area contributed by atoms with Crippen molar-refractivity contribution in [1.82, 2.24) is 14.5 Å². The number of imidazole rings is 1. The fraction of sp³-hybridized carbons (Fsp3) is 0.269. The summed E-state index contributed by atoms with van der Waals surface area (Å²) in [6, 6.07) is 3.59. The molecule has 3 aliphatic rings. The van der Waals surface area contributed by atoms with E-state index >= 15 is 0 Å². The molecule has 2 bridgehead atoms. The van der Waals surface area contributed by atoms with Crippen LogP contribution in [0.1, 0.15) is 65.3 Å². The number of nitrogens with two attached hydrogens (primary N) is 1. The minimum atomic E-state index is -1.55. The molecule has 184 valence electrons. The van der Waals surface area contributed by atoms with Crippen molar-refractivity contribution in [2.45, 2.75) is 38.0 Å². The van der Waals surface area contributed by atoms with Crippen LogP contribution in [0.2, 0.25) is 0 Å². The lowest BCUT2D eigenvalue weighted by molar-refractivity contribution is 0.0989. The molecule has 0 spiro atoms. The van der Waals surface area contributed by atoms with Crippen molar-refractivity contribution in [2.75, 3.05) is 7.11 Å². The number of methoxy groups -OCH3 is 1. The van der Waals surface area contributed by atoms with Gasteiger partial charge in [0.25, 0.3) is 5.91 Å². The van der Waals surface area contributed by atoms with Gasteiger partial charge in [-0.05, 0) is 49.6 Å². The highest BCUT2D eigenvalue weighted by Crippen LogP contribution is 2.49. The molecular weight excluding hydrogens is 470 g/mol. The molecule has 6 rings (SSSR count). The van der Waals surface area contributed by atoms with Crippen molar-refractivity contribution in [3.05, 3.63) is 70.2 Å². The zero-order valence-corrected chi connectivity index (χ0v) is 19.6. The number of aliphatic hydroxyl groups excluding tert-OH is 1. The van der Waals surface area contributed by atoms with Crippen molar-refractivity contribution < 1.29 is 28.5 Å². The van der Waals surface area contributed by atoms with Gasteiger partial charge in [-0.2, -0.15) is 0 Å². The van der Waals surface area contributed by atoms with Crippen molar-refractivity contribution in [3.8, 4) is 29.1 Å². The Morgan fingerprint density at radius 3 is 2.67 bits per heavy atom. The van der Waals surface area contributed by atoms with Crippen LogP contribution < -0.4 is 10.5 Å². The SMILES string of the molecule is COc1ncc(F)cc1[C@H](O)c1c(C(N)=O)nc2n1C1C=C(C1)c1cc(F)c(C#CC(C)(C)O)cc1-2. The predicted molar refractivity (Wildman–Crippen MR) is 126 cm³/mol. The molecule has 2 aliphatic heterocycles. The van der Waals surface area contributed by atoms with Crippen LogP contribution in [0.25, 0.3) is 17.0 Å². The fourth-order valence-electron chi connectivity index (χ4n) is 4.50. The first-order valence-corrected chi connectivity index (χ1v) is 11.1. The van der Waals surface area contributed by atoms with Gasteiger partial charge in [-0.3, -0.25) is 4.79 Å². The van der Waals surface area contributed by atoms with E-state index in [1.165, 1.54) is 33.1 Å². The highest BCUT2D eigenvalue weighted by Gasteiger charge is 2.39. The van der Waals surface area contributed by atoms with Crippen LogP contribution in [0.4, 0.5) is 8.78 Å². The van der Waals surface area contributed by atoms with Crippen LogP contribution >= 0.6 is 0 Å². The van der Waals surface area contributed by atoms with Gasteiger partial charge in [0, 0.05) is 5.56 Å². The molecule has 0 radical (unpaired) electrons. The number of hydrogen-bond acceptors (Lipinski definition) is 6. The van der Waals surface area contributed by atoms with Crippen LogP contribution in [0, 0.1) is 23.5 Å². The van der Waals surface area contributed by atoms with Gasteiger partial charge in [0.15, 0.2) is 5.69 Å². The number of hydrogen-bond donors (Lipinski definition) is 3. The number of primary amides is 1. The summed E-state index contributed by atoms with van der Waals surface area (Å²) < 4.78 is 35.8. The van der Waals surface area contributed by atoms with Crippen LogP contribution in [0.5, 0.6) is 5.88 Å². The van der Waals surface area contributed by atoms with E-state index in [2.05, 4.69) is 21.8 Å². The molecule has 4 heterocycles. The Balaban J connectivity index is 1.76. The molecule has 36 heavy (non-hydrogen) atoms. The lowest BCUT2D eigenvalue weighted by atomic mass is 9.86. The zero-order chi connectivity index (χ0) is 25.9. The smallest absolute Gasteiger partial charge is 0.269 e. The van der Waals surface area contributed by atoms with E-state index in [-0.39, 0.29) is 40.3 Å². The second-order valence-corrected chi connectivity index (χ2v) is 9.21. The number of nitrogens with zero attached hydrogens (tertiary/aromatic N) is 3. The summed E-state index contributed by atoms with van der Waals surface area (Å²) in [5.74, 6) is 3.32. The standard InChI is InChI=1S/C26H22F2N4O4/c1-26(2,35)5-4-12-8-17-16(10-19(12)28)13-6-15(7-13)32-21(20(23(29)34)31-24(17)32)22(33)18-9-14(27)11-30-25(18)36-3/h6,8-11,15,22,33,35H,7H2,1-3H3,(H2,29,34)/t15?,22-/m0/s1. The number of allylic oxidation sites excluding steroid dienone is 2. The highest BCUT2D eigenvalue weighted by molar-refractivity contribution is 5.94. The summed E-state index contributed by atoms with van der Waals surface area (Å²) in [4.78, 5) is 20.8. The van der Waals surface area contributed by atoms with Crippen molar-refractivity contribution in [3.63, 3.8) is 0 Å². The van der Waals surface area contributed by atoms with E-state index in [0.29, 0.717) is 17.5 Å². The van der Waals surface area contributed by atoms with E-state index < -0.39 is 29.2 Å². The van der Waals surface area contributed by atoms with Crippen molar-refractivity contribution >= 4 is 11.5 Å². The lowest BCUT2D eigenvalue weighted by Crippen LogP contribution is -2.22. The lowest BCUT2D eigenvalue weighted by Gasteiger charge is -2.28. The monoisotopic (exact) mass is 492 g/mol. The Bertz CT molecular complexity index is 1530. The first kappa shape index (κ1) is 23.7. The molecule has 0 saturated heterocycles. The maximum Gasteiger partial charge on any atom is 0.269 e. The third-order valence-corrected chi connectivity index (χ3v) is 6.13. The number of pyridine rings is 1. The number of carbonyl (C=O) groups is 1. The van der Waals surface area contributed by atoms with Gasteiger partial charge in [0.05, 0.1) is 36.2 Å². The van der Waals surface area contributed by atoms with Crippen molar-refractivity contribution in [1.29, 1.82) is 0 Å². The fourth-order valence-corrected chi connectivity index (χ4v) is 4.50. The average Bonchev–Trinajstić information content (AvgIpc) is 3.06. The summed E-state index contributed by atoms with van der Waals surface area (Å²) in [6.45, 7) is 2.96. The maximum atomic E-state index is 14.9. The molecule has 8 nitrogen and oxygen atoms in total. The molecule has 1 unspecified atom stereocenters. The van der Waals surface area contributed by atoms with Gasteiger partial charge >= 0.3 is 0 Å². The van der Waals surface area contributed by atoms with Crippen molar-refractivity contribution in [2.24, 2.45) is 5.73 Å². The van der Waals surface area contributed by atoms with Gasteiger partial charge < -0.3 is 25.3 Å². The second-order valence-electron chi connectivity index (χ2n) is 9.21. The average molecular weight is 492 g/mol. The maximum absolute atomic E-state index is 14.9. The third kappa shape index (κ3) is 3.82. The molecule has 4 N–H and O–H groups in total. The third-order valence-electron chi connectivity index (χ3n) is 6.13. The number of aliphatic hydroxyl groups is 2. The Morgan fingerprint density at radius 1 is 1.31 bits per heavy atom. The Hall–Kier alpha value is -4.07. The molecule has 2 aromatic heterocycles. The number of rotatable bonds is 4. The number of halogens is 2. The van der Waals surface area contributed by atoms with Gasteiger partial charge in [-0.25, -0.2) is 18.7 Å². The Kier molecular flexibility index (Phi) is 5.43. The van der Waals surface area contributed by atoms with E-state index in [9.17, 15) is 23.8 Å². The van der Waals surface area contributed by atoms with E-state index in [1.54, 1.807) is 4.57 Å². The molecule has 1 aliphatic carbocycles. The topological polar surface area (TPSA) is 123 Å². The number of benzene rings is 1. The van der Waals surface area contributed by atoms with Gasteiger partial charge in [0.1, 0.15) is 29.2 Å². The minimum Gasteiger partial charge on any atom is -0.481 e. The molecule has 1 aromatic carbocycles. The molecule has 1 amide bonds. The Morgan fingerprint density at radius 2 is 2.03 bits per heavy atom. The van der Waals surface area contributed by atoms with Crippen LogP contribution in [0.15, 0.2) is 30.5 Å². The number of amides is 1. The largest absolute Gasteiger partial charge is 0.481 e. The summed E-state index contributed by atoms with van der Waals surface area (Å²) in [5, 5.41) is 21.3. The molecule has 0 saturated carbocycles. The molecular formula is C26H22F2N4O4. The quantitative estimate of drug-likeness (QED) is 0.482. The molecule has 2 atom stereocenters. The summed E-state index contributed by atoms with van der Waals surface area (Å²) in [6.07, 6.45) is 1.76. The highest BCUT2D eigenvalue weighted by atomic mass is 19.1. The van der Waals surface area contributed by atoms with E-state index in [0.717, 1.165) is 17.8 Å². The van der Waals surface area contributed by atoms with Gasteiger partial charge in [-0.1, -0.05) is 17.9 Å². The second kappa shape index (κ2) is 8.26. The van der Waals surface area contributed by atoms with Gasteiger partial charge in [0.2, 0.25) is 5.88 Å². The summed E-state index contributed by atoms with van der Waals surface area (Å²) >= 11 is 0. The summed E-state index contributed by atoms with van der Waals surface area (Å²) in [7, 11) is 1.32. The van der Waals surface area contributed by atoms with Crippen LogP contribution in [-0.2, 0) is 0 Å². The normalized spacial score (nSPS) is 16.4.